The Labute approximate surface area is 119 Å². The molecule has 0 radical (unpaired) electrons. The fourth-order valence-corrected chi connectivity index (χ4v) is 2.02. The van der Waals surface area contributed by atoms with Gasteiger partial charge in [0, 0.05) is 11.6 Å². The van der Waals surface area contributed by atoms with Crippen LogP contribution in [0.5, 0.6) is 0 Å². The van der Waals surface area contributed by atoms with E-state index in [2.05, 4.69) is 31.4 Å². The van der Waals surface area contributed by atoms with E-state index in [1.54, 1.807) is 12.1 Å². The van der Waals surface area contributed by atoms with Crippen molar-refractivity contribution in [2.75, 3.05) is 7.05 Å². The smallest absolute Gasteiger partial charge is 0.231 e. The Hall–Kier alpha value is -1.27. The minimum absolute atomic E-state index is 0.107. The van der Waals surface area contributed by atoms with Gasteiger partial charge in [-0.2, -0.15) is 4.98 Å². The van der Waals surface area contributed by atoms with Gasteiger partial charge in [0.15, 0.2) is 0 Å². The first-order valence-corrected chi connectivity index (χ1v) is 6.78. The number of halogens is 2. The maximum Gasteiger partial charge on any atom is 0.231 e. The van der Waals surface area contributed by atoms with Crippen LogP contribution in [0, 0.1) is 5.82 Å². The molecular weight excluding hydrogens is 313 g/mol. The molecule has 1 aromatic heterocycles. The number of likely N-dealkylation sites (N-methyl/N-ethyl adjacent to an activating group) is 1. The fourth-order valence-electron chi connectivity index (χ4n) is 1.64. The molecule has 19 heavy (non-hydrogen) atoms. The molecule has 0 aliphatic carbocycles. The largest absolute Gasteiger partial charge is 0.339 e. The lowest BCUT2D eigenvalue weighted by molar-refractivity contribution is 0.336. The van der Waals surface area contributed by atoms with Crippen molar-refractivity contribution < 1.29 is 8.91 Å². The Bertz CT molecular complexity index is 573. The topological polar surface area (TPSA) is 51.0 Å². The number of rotatable bonds is 4. The summed E-state index contributed by atoms with van der Waals surface area (Å²) >= 11 is 3.14. The van der Waals surface area contributed by atoms with Crippen LogP contribution in [-0.2, 0) is 0 Å². The van der Waals surface area contributed by atoms with E-state index in [1.807, 2.05) is 20.9 Å². The fraction of sp³-hybridized carbons (Fsp3) is 0.385. The first-order valence-electron chi connectivity index (χ1n) is 5.99. The van der Waals surface area contributed by atoms with E-state index in [1.165, 1.54) is 6.07 Å². The second kappa shape index (κ2) is 5.79. The third kappa shape index (κ3) is 3.01. The van der Waals surface area contributed by atoms with Crippen LogP contribution in [0.1, 0.15) is 25.7 Å². The summed E-state index contributed by atoms with van der Waals surface area (Å²) in [6.07, 6.45) is 0. The first-order chi connectivity index (χ1) is 9.02. The average Bonchev–Trinajstić information content (AvgIpc) is 2.89. The highest BCUT2D eigenvalue weighted by Gasteiger charge is 2.20. The summed E-state index contributed by atoms with van der Waals surface area (Å²) in [6, 6.07) is 4.86. The van der Waals surface area contributed by atoms with E-state index < -0.39 is 0 Å². The van der Waals surface area contributed by atoms with Crippen molar-refractivity contribution in [3.05, 3.63) is 34.4 Å². The quantitative estimate of drug-likeness (QED) is 0.935. The molecule has 1 N–H and O–H groups in total. The van der Waals surface area contributed by atoms with E-state index in [-0.39, 0.29) is 17.8 Å². The average molecular weight is 328 g/mol. The molecule has 2 aromatic rings. The molecule has 1 heterocycles. The van der Waals surface area contributed by atoms with Gasteiger partial charge in [-0.3, -0.25) is 0 Å². The molecular formula is C13H15BrFN3O. The molecule has 0 aliphatic rings. The zero-order valence-electron chi connectivity index (χ0n) is 10.9. The maximum atomic E-state index is 13.2. The molecule has 6 heteroatoms. The second-order valence-corrected chi connectivity index (χ2v) is 5.31. The number of hydrogen-bond donors (Lipinski definition) is 1. The minimum atomic E-state index is -0.315. The monoisotopic (exact) mass is 327 g/mol. The Morgan fingerprint density at radius 2 is 2.11 bits per heavy atom. The van der Waals surface area contributed by atoms with Gasteiger partial charge in [-0.15, -0.1) is 0 Å². The third-order valence-corrected chi connectivity index (χ3v) is 3.82. The standard InChI is InChI=1S/C13H15BrFN3O/c1-7(8(2)16-3)13-17-12(18-19-13)9-4-5-11(15)10(14)6-9/h4-8,16H,1-3H3. The molecule has 2 unspecified atom stereocenters. The Balaban J connectivity index is 2.27. The zero-order chi connectivity index (χ0) is 14.0. The van der Waals surface area contributed by atoms with Crippen molar-refractivity contribution in [3.63, 3.8) is 0 Å². The lowest BCUT2D eigenvalue weighted by Crippen LogP contribution is -2.27. The third-order valence-electron chi connectivity index (χ3n) is 3.21. The molecule has 0 saturated carbocycles. The van der Waals surface area contributed by atoms with E-state index in [0.29, 0.717) is 21.8 Å². The molecule has 2 rings (SSSR count). The summed E-state index contributed by atoms with van der Waals surface area (Å²) in [5.74, 6) is 0.822. The van der Waals surface area contributed by atoms with Crippen LogP contribution in [0.25, 0.3) is 11.4 Å². The van der Waals surface area contributed by atoms with Gasteiger partial charge < -0.3 is 9.84 Å². The second-order valence-electron chi connectivity index (χ2n) is 4.45. The van der Waals surface area contributed by atoms with Gasteiger partial charge in [-0.05, 0) is 48.1 Å². The lowest BCUT2D eigenvalue weighted by atomic mass is 10.0. The minimum Gasteiger partial charge on any atom is -0.339 e. The van der Waals surface area contributed by atoms with Crippen LogP contribution < -0.4 is 5.32 Å². The molecule has 0 bridgehead atoms. The maximum absolute atomic E-state index is 13.2. The number of hydrogen-bond acceptors (Lipinski definition) is 4. The molecule has 1 aromatic carbocycles. The van der Waals surface area contributed by atoms with E-state index in [4.69, 9.17) is 4.52 Å². The van der Waals surface area contributed by atoms with Crippen molar-refractivity contribution in [2.45, 2.75) is 25.8 Å². The summed E-state index contributed by atoms with van der Waals surface area (Å²) in [4.78, 5) is 4.36. The molecule has 4 nitrogen and oxygen atoms in total. The van der Waals surface area contributed by atoms with Crippen molar-refractivity contribution in [1.82, 2.24) is 15.5 Å². The number of aromatic nitrogens is 2. The van der Waals surface area contributed by atoms with Gasteiger partial charge in [-0.1, -0.05) is 12.1 Å². The van der Waals surface area contributed by atoms with Crippen molar-refractivity contribution in [3.8, 4) is 11.4 Å². The Kier molecular flexibility index (Phi) is 4.31. The van der Waals surface area contributed by atoms with Gasteiger partial charge in [0.25, 0.3) is 0 Å². The van der Waals surface area contributed by atoms with Crippen molar-refractivity contribution in [2.24, 2.45) is 0 Å². The molecule has 0 aliphatic heterocycles. The Morgan fingerprint density at radius 3 is 2.74 bits per heavy atom. The molecule has 0 fully saturated rings. The zero-order valence-corrected chi connectivity index (χ0v) is 12.5. The summed E-state index contributed by atoms with van der Waals surface area (Å²) in [7, 11) is 1.88. The van der Waals surface area contributed by atoms with Gasteiger partial charge in [0.1, 0.15) is 5.82 Å². The predicted octanol–water partition coefficient (Wildman–Crippen LogP) is 3.35. The summed E-state index contributed by atoms with van der Waals surface area (Å²) in [6.45, 7) is 4.06. The van der Waals surface area contributed by atoms with E-state index in [0.717, 1.165) is 0 Å². The van der Waals surface area contributed by atoms with Gasteiger partial charge in [0.05, 0.1) is 10.4 Å². The number of benzene rings is 1. The molecule has 102 valence electrons. The van der Waals surface area contributed by atoms with Crippen LogP contribution in [0.2, 0.25) is 0 Å². The molecule has 0 spiro atoms. The molecule has 0 amide bonds. The first kappa shape index (κ1) is 14.1. The highest BCUT2D eigenvalue weighted by molar-refractivity contribution is 9.10. The highest BCUT2D eigenvalue weighted by atomic mass is 79.9. The van der Waals surface area contributed by atoms with E-state index >= 15 is 0 Å². The SMILES string of the molecule is CNC(C)C(C)c1nc(-c2ccc(F)c(Br)c2)no1. The highest BCUT2D eigenvalue weighted by Crippen LogP contribution is 2.25. The van der Waals surface area contributed by atoms with Crippen molar-refractivity contribution in [1.29, 1.82) is 0 Å². The Morgan fingerprint density at radius 1 is 1.37 bits per heavy atom. The summed E-state index contributed by atoms with van der Waals surface area (Å²) in [5.41, 5.74) is 0.715. The van der Waals surface area contributed by atoms with Crippen LogP contribution in [0.3, 0.4) is 0 Å². The van der Waals surface area contributed by atoms with Gasteiger partial charge >= 0.3 is 0 Å². The normalized spacial score (nSPS) is 14.4. The predicted molar refractivity (Wildman–Crippen MR) is 74.3 cm³/mol. The summed E-state index contributed by atoms with van der Waals surface area (Å²) < 4.78 is 18.8. The number of nitrogens with one attached hydrogen (secondary N) is 1. The molecule has 0 saturated heterocycles. The van der Waals surface area contributed by atoms with Crippen molar-refractivity contribution >= 4 is 15.9 Å². The van der Waals surface area contributed by atoms with Crippen LogP contribution in [-0.4, -0.2) is 23.2 Å². The van der Waals surface area contributed by atoms with Gasteiger partial charge in [0.2, 0.25) is 11.7 Å². The van der Waals surface area contributed by atoms with Crippen LogP contribution >= 0.6 is 15.9 Å². The van der Waals surface area contributed by atoms with Crippen LogP contribution in [0.4, 0.5) is 4.39 Å². The van der Waals surface area contributed by atoms with E-state index in [9.17, 15) is 4.39 Å². The van der Waals surface area contributed by atoms with Crippen LogP contribution in [0.15, 0.2) is 27.2 Å². The van der Waals surface area contributed by atoms with Gasteiger partial charge in [-0.25, -0.2) is 4.39 Å². The molecule has 2 atom stereocenters. The summed E-state index contributed by atoms with van der Waals surface area (Å²) in [5, 5.41) is 7.08. The number of nitrogens with zero attached hydrogens (tertiary/aromatic N) is 2. The lowest BCUT2D eigenvalue weighted by Gasteiger charge is -2.14.